The Morgan fingerprint density at radius 3 is 2.61 bits per heavy atom. The number of pyridine rings is 3. The second kappa shape index (κ2) is 12.0. The van der Waals surface area contributed by atoms with Crippen molar-refractivity contribution in [3.8, 4) is 28.7 Å². The van der Waals surface area contributed by atoms with Crippen LogP contribution in [0.2, 0.25) is 0 Å². The molecule has 1 fully saturated rings. The summed E-state index contributed by atoms with van der Waals surface area (Å²) in [5.41, 5.74) is 5.19. The fraction of sp³-hybridized carbons (Fsp3) is 0.412. The van der Waals surface area contributed by atoms with Gasteiger partial charge in [-0.2, -0.15) is 5.26 Å². The van der Waals surface area contributed by atoms with E-state index >= 15 is 0 Å². The van der Waals surface area contributed by atoms with E-state index in [2.05, 4.69) is 21.3 Å². The van der Waals surface area contributed by atoms with E-state index in [0.717, 1.165) is 54.9 Å². The van der Waals surface area contributed by atoms with Crippen LogP contribution in [0.15, 0.2) is 52.2 Å². The van der Waals surface area contributed by atoms with Gasteiger partial charge in [0.05, 0.1) is 45.4 Å². The maximum Gasteiger partial charge on any atom is 0.250 e. The van der Waals surface area contributed by atoms with E-state index in [1.807, 2.05) is 42.8 Å². The lowest BCUT2D eigenvalue weighted by molar-refractivity contribution is 0.0639. The van der Waals surface area contributed by atoms with Crippen LogP contribution >= 0.6 is 0 Å². The van der Waals surface area contributed by atoms with Crippen molar-refractivity contribution in [1.82, 2.24) is 29.7 Å². The lowest BCUT2D eigenvalue weighted by Crippen LogP contribution is -2.17. The Bertz CT molecular complexity index is 2070. The highest BCUT2D eigenvalue weighted by Crippen LogP contribution is 2.48. The normalized spacial score (nSPS) is 17.8. The standard InChI is InChI=1S/C34H35N7O4S/c1-20(2)27-19-46(42,43)32-29(25-14-24-8-11-41(33(24)37-17-25)18-26-6-4-23(15-35)16-36-26)30(34-40-39-21(3)45-34)28(38-31(27)32)7-5-22-9-12-44-13-10-22/h4,6,8,11,14,16-17,20,22,27H,5,7,9-10,12-13,18-19H2,1-3H3. The number of aromatic nitrogens is 6. The molecule has 46 heavy (non-hydrogen) atoms. The predicted molar refractivity (Wildman–Crippen MR) is 171 cm³/mol. The summed E-state index contributed by atoms with van der Waals surface area (Å²) < 4.78 is 41.6. The van der Waals surface area contributed by atoms with Crippen molar-refractivity contribution in [2.45, 2.75) is 63.8 Å². The molecule has 7 heterocycles. The molecule has 5 aromatic heterocycles. The van der Waals surface area contributed by atoms with Gasteiger partial charge in [-0.1, -0.05) is 13.8 Å². The molecule has 0 aromatic carbocycles. The van der Waals surface area contributed by atoms with E-state index < -0.39 is 9.84 Å². The third-order valence-corrected chi connectivity index (χ3v) is 11.0. The van der Waals surface area contributed by atoms with Gasteiger partial charge in [0.2, 0.25) is 11.8 Å². The summed E-state index contributed by atoms with van der Waals surface area (Å²) in [7, 11) is -3.68. The molecule has 7 rings (SSSR count). The molecule has 11 nitrogen and oxygen atoms in total. The number of fused-ring (bicyclic) bond motifs is 2. The first-order valence-electron chi connectivity index (χ1n) is 15.7. The molecule has 0 aliphatic carbocycles. The zero-order valence-electron chi connectivity index (χ0n) is 26.1. The van der Waals surface area contributed by atoms with Crippen molar-refractivity contribution in [1.29, 1.82) is 5.26 Å². The zero-order chi connectivity index (χ0) is 32.0. The monoisotopic (exact) mass is 637 g/mol. The molecule has 1 atom stereocenters. The van der Waals surface area contributed by atoms with Crippen molar-refractivity contribution in [3.63, 3.8) is 0 Å². The summed E-state index contributed by atoms with van der Waals surface area (Å²) >= 11 is 0. The van der Waals surface area contributed by atoms with E-state index in [1.54, 1.807) is 25.4 Å². The Morgan fingerprint density at radius 1 is 1.09 bits per heavy atom. The number of hydrogen-bond donors (Lipinski definition) is 0. The van der Waals surface area contributed by atoms with Gasteiger partial charge in [0.1, 0.15) is 11.7 Å². The summed E-state index contributed by atoms with van der Waals surface area (Å²) in [6, 6.07) is 9.61. The van der Waals surface area contributed by atoms with Crippen LogP contribution in [0.4, 0.5) is 0 Å². The molecular weight excluding hydrogens is 602 g/mol. The summed E-state index contributed by atoms with van der Waals surface area (Å²) in [4.78, 5) is 14.6. The van der Waals surface area contributed by atoms with E-state index in [1.165, 1.54) is 0 Å². The first kappa shape index (κ1) is 30.2. The molecule has 0 saturated carbocycles. The quantitative estimate of drug-likeness (QED) is 0.209. The Hall–Kier alpha value is -4.47. The molecular formula is C34H35N7O4S. The van der Waals surface area contributed by atoms with Crippen LogP contribution in [0, 0.1) is 30.1 Å². The van der Waals surface area contributed by atoms with E-state index in [0.29, 0.717) is 52.7 Å². The molecule has 12 heteroatoms. The zero-order valence-corrected chi connectivity index (χ0v) is 26.9. The van der Waals surface area contributed by atoms with Gasteiger partial charge in [-0.3, -0.25) is 9.97 Å². The minimum absolute atomic E-state index is 0.00929. The van der Waals surface area contributed by atoms with Crippen molar-refractivity contribution >= 4 is 20.9 Å². The summed E-state index contributed by atoms with van der Waals surface area (Å²) in [5, 5.41) is 18.5. The lowest BCUT2D eigenvalue weighted by atomic mass is 9.88. The van der Waals surface area contributed by atoms with Crippen LogP contribution in [-0.2, 0) is 27.5 Å². The average molecular weight is 638 g/mol. The molecule has 0 radical (unpaired) electrons. The maximum absolute atomic E-state index is 14.0. The van der Waals surface area contributed by atoms with Crippen molar-refractivity contribution in [3.05, 3.63) is 71.4 Å². The molecule has 0 spiro atoms. The molecule has 1 saturated heterocycles. The largest absolute Gasteiger partial charge is 0.421 e. The number of aryl methyl sites for hydroxylation is 2. The van der Waals surface area contributed by atoms with E-state index in [-0.39, 0.29) is 28.4 Å². The topological polar surface area (TPSA) is 150 Å². The van der Waals surface area contributed by atoms with E-state index in [4.69, 9.17) is 24.4 Å². The highest BCUT2D eigenvalue weighted by Gasteiger charge is 2.43. The number of sulfone groups is 1. The Kier molecular flexibility index (Phi) is 7.90. The second-order valence-corrected chi connectivity index (χ2v) is 14.6. The number of rotatable bonds is 8. The molecule has 0 N–H and O–H groups in total. The van der Waals surface area contributed by atoms with Crippen LogP contribution in [-0.4, -0.2) is 57.1 Å². The lowest BCUT2D eigenvalue weighted by Gasteiger charge is -2.23. The molecule has 236 valence electrons. The van der Waals surface area contributed by atoms with E-state index in [9.17, 15) is 8.42 Å². The van der Waals surface area contributed by atoms with Crippen molar-refractivity contribution in [2.75, 3.05) is 19.0 Å². The molecule has 2 aliphatic rings. The van der Waals surface area contributed by atoms with Gasteiger partial charge in [0.15, 0.2) is 9.84 Å². The third-order valence-electron chi connectivity index (χ3n) is 9.17. The fourth-order valence-electron chi connectivity index (χ4n) is 6.67. The van der Waals surface area contributed by atoms with Crippen LogP contribution in [0.1, 0.15) is 67.6 Å². The maximum atomic E-state index is 14.0. The highest BCUT2D eigenvalue weighted by atomic mass is 32.2. The van der Waals surface area contributed by atoms with Gasteiger partial charge in [0.25, 0.3) is 0 Å². The number of nitriles is 1. The average Bonchev–Trinajstić information content (AvgIpc) is 3.75. The number of ether oxygens (including phenoxy) is 1. The van der Waals surface area contributed by atoms with Crippen molar-refractivity contribution < 1.29 is 17.6 Å². The molecule has 5 aromatic rings. The fourth-order valence-corrected chi connectivity index (χ4v) is 8.90. The van der Waals surface area contributed by atoms with Gasteiger partial charge in [-0.15, -0.1) is 10.2 Å². The molecule has 0 amide bonds. The minimum Gasteiger partial charge on any atom is -0.421 e. The smallest absolute Gasteiger partial charge is 0.250 e. The molecule has 1 unspecified atom stereocenters. The Balaban J connectivity index is 1.40. The first-order valence-corrected chi connectivity index (χ1v) is 17.3. The van der Waals surface area contributed by atoms with Gasteiger partial charge >= 0.3 is 0 Å². The Morgan fingerprint density at radius 2 is 1.91 bits per heavy atom. The SMILES string of the molecule is Cc1nnc(-c2c(CCC3CCOCC3)nc3c(c2-c2cnc4c(ccn4Cc4ccc(C#N)cn4)c2)S(=O)(=O)CC3C(C)C)o1. The highest BCUT2D eigenvalue weighted by molar-refractivity contribution is 7.92. The first-order chi connectivity index (χ1) is 22.2. The van der Waals surface area contributed by atoms with Crippen LogP contribution < -0.4 is 0 Å². The minimum atomic E-state index is -3.68. The van der Waals surface area contributed by atoms with Gasteiger partial charge in [-0.25, -0.2) is 13.4 Å². The summed E-state index contributed by atoms with van der Waals surface area (Å²) in [5.74, 6) is 1.02. The predicted octanol–water partition coefficient (Wildman–Crippen LogP) is 5.66. The van der Waals surface area contributed by atoms with Crippen molar-refractivity contribution in [2.24, 2.45) is 11.8 Å². The molecule has 2 aliphatic heterocycles. The second-order valence-electron chi connectivity index (χ2n) is 12.6. The molecule has 0 bridgehead atoms. The van der Waals surface area contributed by atoms with Crippen LogP contribution in [0.3, 0.4) is 0 Å². The third kappa shape index (κ3) is 5.58. The van der Waals surface area contributed by atoms with Gasteiger partial charge < -0.3 is 13.7 Å². The Labute approximate surface area is 267 Å². The summed E-state index contributed by atoms with van der Waals surface area (Å²) in [6.45, 7) is 7.80. The number of nitrogens with zero attached hydrogens (tertiary/aromatic N) is 7. The van der Waals surface area contributed by atoms with Crippen LogP contribution in [0.5, 0.6) is 0 Å². The van der Waals surface area contributed by atoms with Gasteiger partial charge in [0, 0.05) is 61.2 Å². The summed E-state index contributed by atoms with van der Waals surface area (Å²) in [6.07, 6.45) is 8.76. The number of hydrogen-bond acceptors (Lipinski definition) is 10. The van der Waals surface area contributed by atoms with Crippen LogP contribution in [0.25, 0.3) is 33.6 Å². The van der Waals surface area contributed by atoms with Gasteiger partial charge in [-0.05, 0) is 61.8 Å².